The smallest absolute Gasteiger partial charge is 0.180 e. The number of anilines is 1. The first-order valence-electron chi connectivity index (χ1n) is 5.49. The van der Waals surface area contributed by atoms with Gasteiger partial charge in [0.2, 0.25) is 0 Å². The summed E-state index contributed by atoms with van der Waals surface area (Å²) in [5.74, 6) is 0.443. The van der Waals surface area contributed by atoms with Crippen LogP contribution >= 0.6 is 11.3 Å². The molecule has 0 amide bonds. The Morgan fingerprint density at radius 1 is 1.41 bits per heavy atom. The average molecular weight is 248 g/mol. The molecule has 4 nitrogen and oxygen atoms in total. The van der Waals surface area contributed by atoms with Crippen LogP contribution in [0, 0.1) is 0 Å². The van der Waals surface area contributed by atoms with Crippen LogP contribution in [0.2, 0.25) is 0 Å². The number of hydrogen-bond donors (Lipinski definition) is 1. The Balaban J connectivity index is 2.21. The molecular formula is C12H16N4S. The summed E-state index contributed by atoms with van der Waals surface area (Å²) in [4.78, 5) is 4.18. The summed E-state index contributed by atoms with van der Waals surface area (Å²) in [6.07, 6.45) is 3.96. The largest absolute Gasteiger partial charge is 0.375 e. The van der Waals surface area contributed by atoms with Gasteiger partial charge in [0.05, 0.1) is 17.1 Å². The molecule has 2 heterocycles. The predicted molar refractivity (Wildman–Crippen MR) is 72.8 cm³/mol. The van der Waals surface area contributed by atoms with E-state index in [0.29, 0.717) is 11.0 Å². The second kappa shape index (κ2) is 4.71. The highest BCUT2D eigenvalue weighted by molar-refractivity contribution is 7.13. The lowest BCUT2D eigenvalue weighted by Gasteiger charge is -1.95. The van der Waals surface area contributed by atoms with Crippen molar-refractivity contribution in [2.75, 3.05) is 5.73 Å². The van der Waals surface area contributed by atoms with E-state index in [2.05, 4.69) is 30.0 Å². The lowest BCUT2D eigenvalue weighted by molar-refractivity contribution is 0.709. The molecule has 2 rings (SSSR count). The highest BCUT2D eigenvalue weighted by Crippen LogP contribution is 2.17. The van der Waals surface area contributed by atoms with Gasteiger partial charge in [-0.05, 0) is 24.1 Å². The second-order valence-electron chi connectivity index (χ2n) is 4.22. The Hall–Kier alpha value is -1.62. The molecule has 0 aliphatic rings. The van der Waals surface area contributed by atoms with Crippen LogP contribution in [-0.2, 0) is 7.05 Å². The van der Waals surface area contributed by atoms with Crippen molar-refractivity contribution in [2.45, 2.75) is 19.8 Å². The van der Waals surface area contributed by atoms with Crippen molar-refractivity contribution in [3.05, 3.63) is 28.5 Å². The fraction of sp³-hybridized carbons (Fsp3) is 0.333. The van der Waals surface area contributed by atoms with E-state index in [1.54, 1.807) is 0 Å². The van der Waals surface area contributed by atoms with Gasteiger partial charge in [0, 0.05) is 12.4 Å². The number of rotatable bonds is 3. The van der Waals surface area contributed by atoms with Crippen LogP contribution in [0.3, 0.4) is 0 Å². The zero-order valence-corrected chi connectivity index (χ0v) is 11.0. The summed E-state index contributed by atoms with van der Waals surface area (Å²) in [7, 11) is 1.95. The zero-order valence-electron chi connectivity index (χ0n) is 10.2. The van der Waals surface area contributed by atoms with Gasteiger partial charge in [0.1, 0.15) is 0 Å². The molecule has 5 heteroatoms. The average Bonchev–Trinajstić information content (AvgIpc) is 2.82. The topological polar surface area (TPSA) is 56.7 Å². The third-order valence-electron chi connectivity index (χ3n) is 2.49. The van der Waals surface area contributed by atoms with Gasteiger partial charge >= 0.3 is 0 Å². The van der Waals surface area contributed by atoms with Crippen molar-refractivity contribution in [2.24, 2.45) is 7.05 Å². The Labute approximate surface area is 105 Å². The maximum Gasteiger partial charge on any atom is 0.180 e. The molecule has 17 heavy (non-hydrogen) atoms. The molecule has 0 unspecified atom stereocenters. The van der Waals surface area contributed by atoms with Crippen LogP contribution in [0.4, 0.5) is 5.13 Å². The normalized spacial score (nSPS) is 11.8. The van der Waals surface area contributed by atoms with Gasteiger partial charge in [-0.1, -0.05) is 13.8 Å². The van der Waals surface area contributed by atoms with Crippen molar-refractivity contribution in [3.63, 3.8) is 0 Å². The number of thiazole rings is 1. The molecule has 0 aliphatic carbocycles. The van der Waals surface area contributed by atoms with Crippen molar-refractivity contribution >= 4 is 28.6 Å². The first-order valence-corrected chi connectivity index (χ1v) is 6.37. The molecule has 0 spiro atoms. The third kappa shape index (κ3) is 2.74. The molecular weight excluding hydrogens is 232 g/mol. The number of nitrogen functional groups attached to an aromatic ring is 1. The Morgan fingerprint density at radius 2 is 2.18 bits per heavy atom. The third-order valence-corrected chi connectivity index (χ3v) is 3.18. The summed E-state index contributed by atoms with van der Waals surface area (Å²) < 4.78 is 1.88. The second-order valence-corrected chi connectivity index (χ2v) is 5.11. The zero-order chi connectivity index (χ0) is 12.4. The minimum absolute atomic E-state index is 0.443. The molecule has 2 aromatic heterocycles. The quantitative estimate of drug-likeness (QED) is 0.908. The van der Waals surface area contributed by atoms with Gasteiger partial charge in [-0.25, -0.2) is 4.98 Å². The maximum absolute atomic E-state index is 5.58. The van der Waals surface area contributed by atoms with E-state index in [1.165, 1.54) is 11.3 Å². The van der Waals surface area contributed by atoms with E-state index in [4.69, 9.17) is 5.73 Å². The summed E-state index contributed by atoms with van der Waals surface area (Å²) in [6, 6.07) is 2.09. The molecule has 0 fully saturated rings. The number of aryl methyl sites for hydroxylation is 1. The van der Waals surface area contributed by atoms with Gasteiger partial charge < -0.3 is 5.73 Å². The van der Waals surface area contributed by atoms with Crippen molar-refractivity contribution < 1.29 is 0 Å². The van der Waals surface area contributed by atoms with E-state index in [9.17, 15) is 0 Å². The Morgan fingerprint density at radius 3 is 2.71 bits per heavy atom. The number of aromatic nitrogens is 3. The van der Waals surface area contributed by atoms with Crippen LogP contribution in [0.5, 0.6) is 0 Å². The van der Waals surface area contributed by atoms with E-state index in [1.807, 2.05) is 29.3 Å². The molecule has 0 saturated heterocycles. The first-order chi connectivity index (χ1) is 8.06. The summed E-state index contributed by atoms with van der Waals surface area (Å²) >= 11 is 1.45. The number of nitrogens with zero attached hydrogens (tertiary/aromatic N) is 3. The van der Waals surface area contributed by atoms with Gasteiger partial charge in [0.25, 0.3) is 0 Å². The van der Waals surface area contributed by atoms with Crippen LogP contribution in [0.1, 0.15) is 36.8 Å². The highest BCUT2D eigenvalue weighted by Gasteiger charge is 2.05. The van der Waals surface area contributed by atoms with Gasteiger partial charge in [-0.3, -0.25) is 4.68 Å². The Kier molecular flexibility index (Phi) is 3.28. The Bertz CT molecular complexity index is 536. The molecule has 0 atom stereocenters. The molecule has 2 aromatic rings. The van der Waals surface area contributed by atoms with Crippen LogP contribution < -0.4 is 5.73 Å². The molecule has 90 valence electrons. The minimum Gasteiger partial charge on any atom is -0.375 e. The van der Waals surface area contributed by atoms with Gasteiger partial charge in [0.15, 0.2) is 5.13 Å². The maximum atomic E-state index is 5.58. The molecule has 0 bridgehead atoms. The monoisotopic (exact) mass is 248 g/mol. The van der Waals surface area contributed by atoms with Gasteiger partial charge in [-0.2, -0.15) is 5.10 Å². The molecule has 2 N–H and O–H groups in total. The molecule has 0 aromatic carbocycles. The fourth-order valence-electron chi connectivity index (χ4n) is 1.49. The summed E-state index contributed by atoms with van der Waals surface area (Å²) in [6.45, 7) is 4.27. The minimum atomic E-state index is 0.443. The van der Waals surface area contributed by atoms with E-state index in [0.717, 1.165) is 17.1 Å². The van der Waals surface area contributed by atoms with E-state index >= 15 is 0 Å². The SMILES string of the molecule is CC(C)c1cc(/C=C/c2csc(N)n2)n(C)n1. The van der Waals surface area contributed by atoms with Crippen molar-refractivity contribution in [1.29, 1.82) is 0 Å². The van der Waals surface area contributed by atoms with Crippen molar-refractivity contribution in [3.8, 4) is 0 Å². The fourth-order valence-corrected chi connectivity index (χ4v) is 2.02. The van der Waals surface area contributed by atoms with E-state index in [-0.39, 0.29) is 0 Å². The number of nitrogens with two attached hydrogens (primary N) is 1. The molecule has 0 saturated carbocycles. The molecule has 0 radical (unpaired) electrons. The standard InChI is InChI=1S/C12H16N4S/c1-8(2)11-6-10(16(3)15-11)5-4-9-7-17-12(13)14-9/h4-8H,1-3H3,(H2,13,14)/b5-4+. The van der Waals surface area contributed by atoms with Crippen molar-refractivity contribution in [1.82, 2.24) is 14.8 Å². The molecule has 0 aliphatic heterocycles. The van der Waals surface area contributed by atoms with Crippen LogP contribution in [0.15, 0.2) is 11.4 Å². The predicted octanol–water partition coefficient (Wildman–Crippen LogP) is 2.75. The first kappa shape index (κ1) is 11.9. The van der Waals surface area contributed by atoms with Gasteiger partial charge in [-0.15, -0.1) is 11.3 Å². The van der Waals surface area contributed by atoms with Crippen LogP contribution in [-0.4, -0.2) is 14.8 Å². The van der Waals surface area contributed by atoms with Crippen LogP contribution in [0.25, 0.3) is 12.2 Å². The lowest BCUT2D eigenvalue weighted by Crippen LogP contribution is -1.94. The lowest BCUT2D eigenvalue weighted by atomic mass is 10.1. The number of hydrogen-bond acceptors (Lipinski definition) is 4. The summed E-state index contributed by atoms with van der Waals surface area (Å²) in [5, 5.41) is 6.98. The highest BCUT2D eigenvalue weighted by atomic mass is 32.1. The summed E-state index contributed by atoms with van der Waals surface area (Å²) in [5.41, 5.74) is 8.64. The van der Waals surface area contributed by atoms with E-state index < -0.39 is 0 Å².